The van der Waals surface area contributed by atoms with Crippen LogP contribution in [0.5, 0.6) is 0 Å². The van der Waals surface area contributed by atoms with Crippen molar-refractivity contribution in [1.82, 2.24) is 9.55 Å². The molecular weight excluding hydrogens is 206 g/mol. The summed E-state index contributed by atoms with van der Waals surface area (Å²) in [6, 6.07) is 5.54. The van der Waals surface area contributed by atoms with Gasteiger partial charge in [0.2, 0.25) is 5.52 Å². The van der Waals surface area contributed by atoms with Crippen LogP contribution in [0.2, 0.25) is 0 Å². The zero-order chi connectivity index (χ0) is 11.1. The van der Waals surface area contributed by atoms with Gasteiger partial charge in [-0.25, -0.2) is 14.8 Å². The van der Waals surface area contributed by atoms with Crippen LogP contribution in [-0.4, -0.2) is 20.8 Å². The lowest BCUT2D eigenvalue weighted by atomic mass is 10.2. The highest BCUT2D eigenvalue weighted by molar-refractivity contribution is 5.89. The molecule has 0 aromatic carbocycles. The summed E-state index contributed by atoms with van der Waals surface area (Å²) in [7, 11) is 0. The maximum Gasteiger partial charge on any atom is 0.415 e. The van der Waals surface area contributed by atoms with Gasteiger partial charge in [-0.2, -0.15) is 0 Å². The third-order valence-electron chi connectivity index (χ3n) is 2.49. The van der Waals surface area contributed by atoms with E-state index in [9.17, 15) is 4.79 Å². The van der Waals surface area contributed by atoms with Gasteiger partial charge in [-0.1, -0.05) is 0 Å². The van der Waals surface area contributed by atoms with Gasteiger partial charge in [0.05, 0.1) is 5.52 Å². The van der Waals surface area contributed by atoms with E-state index >= 15 is 0 Å². The van der Waals surface area contributed by atoms with Gasteiger partial charge in [0.15, 0.2) is 6.20 Å². The molecule has 0 bridgehead atoms. The van der Waals surface area contributed by atoms with Crippen molar-refractivity contribution < 1.29 is 14.9 Å². The number of hydrogen-bond acceptors (Lipinski definition) is 2. The first-order chi connectivity index (χ1) is 7.74. The second-order valence-electron chi connectivity index (χ2n) is 3.51. The molecule has 0 saturated carbocycles. The van der Waals surface area contributed by atoms with Crippen molar-refractivity contribution in [3.05, 3.63) is 36.8 Å². The van der Waals surface area contributed by atoms with Gasteiger partial charge in [-0.05, 0) is 6.07 Å². The number of carbonyl (C=O) groups is 1. The molecule has 3 aromatic heterocycles. The van der Waals surface area contributed by atoms with Crippen LogP contribution >= 0.6 is 0 Å². The van der Waals surface area contributed by atoms with Gasteiger partial charge in [0.1, 0.15) is 5.52 Å². The lowest BCUT2D eigenvalue weighted by Crippen LogP contribution is -2.07. The molecule has 78 valence electrons. The van der Waals surface area contributed by atoms with Crippen molar-refractivity contribution in [2.75, 3.05) is 0 Å². The molecule has 3 aromatic rings. The van der Waals surface area contributed by atoms with E-state index < -0.39 is 6.09 Å². The van der Waals surface area contributed by atoms with Crippen LogP contribution in [0.25, 0.3) is 21.9 Å². The van der Waals surface area contributed by atoms with Crippen LogP contribution in [0.4, 0.5) is 4.79 Å². The normalized spacial score (nSPS) is 11.0. The van der Waals surface area contributed by atoms with Crippen LogP contribution < -0.4 is 4.98 Å². The smallest absolute Gasteiger partial charge is 0.415 e. The Bertz CT molecular complexity index is 703. The summed E-state index contributed by atoms with van der Waals surface area (Å²) in [5, 5.41) is 9.76. The van der Waals surface area contributed by atoms with Crippen molar-refractivity contribution >= 4 is 28.0 Å². The Morgan fingerprint density at radius 3 is 3.06 bits per heavy atom. The maximum absolute atomic E-state index is 10.8. The largest absolute Gasteiger partial charge is 0.464 e. The van der Waals surface area contributed by atoms with Crippen molar-refractivity contribution in [3.63, 3.8) is 0 Å². The average Bonchev–Trinajstić information content (AvgIpc) is 2.71. The number of hydrogen-bond donors (Lipinski definition) is 1. The Kier molecular flexibility index (Phi) is 1.67. The highest BCUT2D eigenvalue weighted by atomic mass is 16.4. The van der Waals surface area contributed by atoms with E-state index in [4.69, 9.17) is 5.11 Å². The van der Waals surface area contributed by atoms with E-state index in [0.29, 0.717) is 5.52 Å². The second-order valence-corrected chi connectivity index (χ2v) is 3.51. The molecule has 16 heavy (non-hydrogen) atoms. The van der Waals surface area contributed by atoms with Crippen LogP contribution in [-0.2, 0) is 0 Å². The molecular formula is C11H8N3O2+. The summed E-state index contributed by atoms with van der Waals surface area (Å²) >= 11 is 0. The Labute approximate surface area is 90.0 Å². The van der Waals surface area contributed by atoms with Crippen LogP contribution in [0.3, 0.4) is 0 Å². The monoisotopic (exact) mass is 214 g/mol. The molecule has 5 nitrogen and oxygen atoms in total. The number of nitrogens with one attached hydrogen (secondary N) is 1. The third-order valence-corrected chi connectivity index (χ3v) is 2.49. The molecule has 0 aliphatic heterocycles. The van der Waals surface area contributed by atoms with E-state index in [1.54, 1.807) is 6.07 Å². The van der Waals surface area contributed by atoms with Crippen molar-refractivity contribution in [1.29, 1.82) is 0 Å². The Morgan fingerprint density at radius 2 is 2.25 bits per heavy atom. The minimum atomic E-state index is -1.02. The highest BCUT2D eigenvalue weighted by Gasteiger charge is 2.07. The highest BCUT2D eigenvalue weighted by Crippen LogP contribution is 2.16. The first-order valence-electron chi connectivity index (χ1n) is 4.76. The summed E-state index contributed by atoms with van der Waals surface area (Å²) < 4.78 is 1.09. The zero-order valence-corrected chi connectivity index (χ0v) is 8.21. The average molecular weight is 214 g/mol. The van der Waals surface area contributed by atoms with E-state index in [0.717, 1.165) is 21.0 Å². The summed E-state index contributed by atoms with van der Waals surface area (Å²) in [6.07, 6.45) is 3.80. The Hall–Kier alpha value is -2.43. The van der Waals surface area contributed by atoms with Crippen molar-refractivity contribution in [2.45, 2.75) is 0 Å². The number of nitrogens with zero attached hydrogens (tertiary/aromatic N) is 2. The fourth-order valence-electron chi connectivity index (χ4n) is 1.70. The molecule has 3 rings (SSSR count). The van der Waals surface area contributed by atoms with Crippen LogP contribution in [0.15, 0.2) is 36.8 Å². The topological polar surface area (TPSA) is 69.3 Å². The minimum Gasteiger partial charge on any atom is -0.464 e. The molecule has 0 fully saturated rings. The molecule has 0 aliphatic carbocycles. The fourth-order valence-corrected chi connectivity index (χ4v) is 1.70. The number of H-pyrrole nitrogens is 1. The predicted octanol–water partition coefficient (Wildman–Crippen LogP) is 1.53. The van der Waals surface area contributed by atoms with Crippen molar-refractivity contribution in [2.24, 2.45) is 0 Å². The molecule has 0 amide bonds. The van der Waals surface area contributed by atoms with E-state index in [1.165, 1.54) is 12.4 Å². The van der Waals surface area contributed by atoms with Crippen LogP contribution in [0.1, 0.15) is 0 Å². The van der Waals surface area contributed by atoms with Gasteiger partial charge in [-0.15, -0.1) is 0 Å². The number of aromatic nitrogens is 3. The number of pyridine rings is 2. The molecule has 2 N–H and O–H groups in total. The molecule has 0 atom stereocenters. The molecule has 3 heterocycles. The lowest BCUT2D eigenvalue weighted by molar-refractivity contribution is -0.341. The van der Waals surface area contributed by atoms with E-state index in [-0.39, 0.29) is 0 Å². The predicted molar refractivity (Wildman–Crippen MR) is 57.2 cm³/mol. The fraction of sp³-hybridized carbons (Fsp3) is 0. The van der Waals surface area contributed by atoms with Crippen LogP contribution in [0, 0.1) is 0 Å². The van der Waals surface area contributed by atoms with Crippen molar-refractivity contribution in [3.8, 4) is 0 Å². The van der Waals surface area contributed by atoms with Gasteiger partial charge in [-0.3, -0.25) is 4.57 Å². The molecule has 0 aliphatic rings. The number of rotatable bonds is 0. The molecule has 5 heteroatoms. The van der Waals surface area contributed by atoms with Gasteiger partial charge in [0.25, 0.3) is 0 Å². The number of fused-ring (bicyclic) bond motifs is 2. The van der Waals surface area contributed by atoms with Gasteiger partial charge in [0, 0.05) is 29.9 Å². The van der Waals surface area contributed by atoms with Gasteiger partial charge < -0.3 is 5.11 Å². The summed E-state index contributed by atoms with van der Waals surface area (Å²) in [6.45, 7) is 0. The molecule has 0 unspecified atom stereocenters. The SMILES string of the molecule is O=C(O)n1ccc2cc3[nH+]ccc3nc2c1. The zero-order valence-electron chi connectivity index (χ0n) is 8.21. The van der Waals surface area contributed by atoms with E-state index in [1.807, 2.05) is 18.3 Å². The molecule has 0 spiro atoms. The lowest BCUT2D eigenvalue weighted by Gasteiger charge is -2.01. The summed E-state index contributed by atoms with van der Waals surface area (Å²) in [4.78, 5) is 18.2. The molecule has 0 saturated heterocycles. The summed E-state index contributed by atoms with van der Waals surface area (Å²) in [5.74, 6) is 0. The Morgan fingerprint density at radius 1 is 1.38 bits per heavy atom. The minimum absolute atomic E-state index is 0.664. The summed E-state index contributed by atoms with van der Waals surface area (Å²) in [5.41, 5.74) is 2.44. The maximum atomic E-state index is 10.8. The first kappa shape index (κ1) is 8.84. The van der Waals surface area contributed by atoms with Gasteiger partial charge >= 0.3 is 6.09 Å². The first-order valence-corrected chi connectivity index (χ1v) is 4.76. The number of carboxylic acid groups (broad SMARTS) is 1. The second kappa shape index (κ2) is 3.03. The quantitative estimate of drug-likeness (QED) is 0.617. The standard InChI is InChI=1S/C11H7N3O2/c15-11(16)14-4-2-7-5-9-8(1-3-12-9)13-10(7)6-14/h1-6H,(H,15,16)/p+1. The number of aromatic amines is 1. The molecule has 0 radical (unpaired) electrons. The Balaban J connectivity index is 2.37. The van der Waals surface area contributed by atoms with E-state index in [2.05, 4.69) is 9.97 Å². The third kappa shape index (κ3) is 1.22.